The lowest BCUT2D eigenvalue weighted by Crippen LogP contribution is -2.43. The van der Waals surface area contributed by atoms with Gasteiger partial charge in [-0.25, -0.2) is 0 Å². The van der Waals surface area contributed by atoms with Gasteiger partial charge in [-0.2, -0.15) is 0 Å². The summed E-state index contributed by atoms with van der Waals surface area (Å²) < 4.78 is 0. The van der Waals surface area contributed by atoms with Gasteiger partial charge in [0.05, 0.1) is 0 Å². The van der Waals surface area contributed by atoms with Crippen LogP contribution in [0.1, 0.15) is 67.3 Å². The largest absolute Gasteiger partial charge is 0.480 e. The average Bonchev–Trinajstić information content (AvgIpc) is 2.84. The Morgan fingerprint density at radius 3 is 2.30 bits per heavy atom. The van der Waals surface area contributed by atoms with Gasteiger partial charge < -0.3 is 14.9 Å². The molecule has 146 valence electrons. The van der Waals surface area contributed by atoms with Crippen LogP contribution >= 0.6 is 0 Å². The van der Waals surface area contributed by atoms with Gasteiger partial charge in [-0.05, 0) is 55.7 Å². The van der Waals surface area contributed by atoms with Crippen LogP contribution in [0.15, 0.2) is 24.3 Å². The van der Waals surface area contributed by atoms with Crippen LogP contribution in [0.5, 0.6) is 0 Å². The molecule has 1 atom stereocenters. The van der Waals surface area contributed by atoms with Crippen LogP contribution in [0, 0.1) is 0 Å². The normalized spacial score (nSPS) is 20.5. The summed E-state index contributed by atoms with van der Waals surface area (Å²) >= 11 is 0. The summed E-state index contributed by atoms with van der Waals surface area (Å²) in [4.78, 5) is 39.0. The van der Waals surface area contributed by atoms with Gasteiger partial charge in [0.1, 0.15) is 6.54 Å². The summed E-state index contributed by atoms with van der Waals surface area (Å²) in [6.45, 7) is 2.30. The van der Waals surface area contributed by atoms with Crippen molar-refractivity contribution in [3.05, 3.63) is 35.4 Å². The second-order valence-electron chi connectivity index (χ2n) is 7.67. The molecular weight excluding hydrogens is 344 g/mol. The molecule has 0 bridgehead atoms. The zero-order valence-electron chi connectivity index (χ0n) is 15.9. The summed E-state index contributed by atoms with van der Waals surface area (Å²) in [6, 6.07) is 7.86. The summed E-state index contributed by atoms with van der Waals surface area (Å²) in [5.41, 5.74) is 2.02. The van der Waals surface area contributed by atoms with Gasteiger partial charge in [0, 0.05) is 31.6 Å². The Labute approximate surface area is 160 Å². The molecular formula is C21H28N2O4. The predicted molar refractivity (Wildman–Crippen MR) is 102 cm³/mol. The molecule has 0 spiro atoms. The maximum atomic E-state index is 12.9. The highest BCUT2D eigenvalue weighted by Gasteiger charge is 2.28. The van der Waals surface area contributed by atoms with Crippen molar-refractivity contribution < 1.29 is 19.5 Å². The minimum Gasteiger partial charge on any atom is -0.480 e. The molecule has 1 aromatic carbocycles. The molecule has 6 nitrogen and oxygen atoms in total. The van der Waals surface area contributed by atoms with Crippen molar-refractivity contribution >= 4 is 17.8 Å². The number of hydrogen-bond acceptors (Lipinski definition) is 3. The minimum absolute atomic E-state index is 0.0171. The average molecular weight is 372 g/mol. The first-order valence-electron chi connectivity index (χ1n) is 9.84. The first-order chi connectivity index (χ1) is 13.0. The molecule has 1 N–H and O–H groups in total. The number of rotatable bonds is 5. The molecule has 0 aromatic heterocycles. The molecule has 2 fully saturated rings. The summed E-state index contributed by atoms with van der Waals surface area (Å²) in [5.74, 6) is -0.564. The summed E-state index contributed by atoms with van der Waals surface area (Å²) in [5, 5.41) is 9.05. The number of hydrogen-bond donors (Lipinski definition) is 1. The molecule has 6 heteroatoms. The molecule has 1 unspecified atom stereocenters. The molecule has 1 saturated heterocycles. The van der Waals surface area contributed by atoms with Crippen LogP contribution in [-0.2, 0) is 9.59 Å². The van der Waals surface area contributed by atoms with E-state index in [4.69, 9.17) is 5.11 Å². The number of aliphatic carboxylic acids is 1. The Kier molecular flexibility index (Phi) is 6.14. The highest BCUT2D eigenvalue weighted by Crippen LogP contribution is 2.36. The number of carbonyl (C=O) groups excluding carboxylic acids is 2. The topological polar surface area (TPSA) is 77.9 Å². The van der Waals surface area contributed by atoms with E-state index in [2.05, 4.69) is 12.1 Å². The number of nitrogens with zero attached hydrogens (tertiary/aromatic N) is 2. The number of carbonyl (C=O) groups is 3. The molecule has 3 rings (SSSR count). The zero-order chi connectivity index (χ0) is 19.4. The van der Waals surface area contributed by atoms with Gasteiger partial charge in [0.15, 0.2) is 0 Å². The van der Waals surface area contributed by atoms with Gasteiger partial charge in [0.25, 0.3) is 5.91 Å². The van der Waals surface area contributed by atoms with E-state index in [1.54, 1.807) is 0 Å². The van der Waals surface area contributed by atoms with Crippen molar-refractivity contribution in [2.45, 2.75) is 57.4 Å². The van der Waals surface area contributed by atoms with E-state index in [0.29, 0.717) is 31.0 Å². The molecule has 1 aromatic rings. The first kappa shape index (κ1) is 19.4. The number of benzene rings is 1. The highest BCUT2D eigenvalue weighted by atomic mass is 16.4. The molecule has 27 heavy (non-hydrogen) atoms. The smallest absolute Gasteiger partial charge is 0.323 e. The van der Waals surface area contributed by atoms with Crippen molar-refractivity contribution in [1.29, 1.82) is 0 Å². The zero-order valence-corrected chi connectivity index (χ0v) is 15.9. The van der Waals surface area contributed by atoms with E-state index >= 15 is 0 Å². The Morgan fingerprint density at radius 1 is 1.04 bits per heavy atom. The summed E-state index contributed by atoms with van der Waals surface area (Å²) in [6.07, 6.45) is 5.86. The van der Waals surface area contributed by atoms with Gasteiger partial charge in [-0.15, -0.1) is 0 Å². The van der Waals surface area contributed by atoms with Crippen LogP contribution in [0.25, 0.3) is 0 Å². The Morgan fingerprint density at radius 2 is 1.74 bits per heavy atom. The fourth-order valence-electron chi connectivity index (χ4n) is 4.06. The molecule has 2 amide bonds. The second kappa shape index (κ2) is 8.55. The highest BCUT2D eigenvalue weighted by molar-refractivity contribution is 5.94. The molecule has 2 aliphatic rings. The predicted octanol–water partition coefficient (Wildman–Crippen LogP) is 2.88. The van der Waals surface area contributed by atoms with E-state index in [-0.39, 0.29) is 24.4 Å². The fraction of sp³-hybridized carbons (Fsp3) is 0.571. The van der Waals surface area contributed by atoms with Gasteiger partial charge >= 0.3 is 5.97 Å². The SMILES string of the molecule is CC(=O)N(CC(=O)O)C1CCCN(C(=O)c2ccc(C3CCC3)cc2)CC1. The van der Waals surface area contributed by atoms with Crippen molar-refractivity contribution in [3.63, 3.8) is 0 Å². The van der Waals surface area contributed by atoms with Gasteiger partial charge in [-0.3, -0.25) is 14.4 Å². The summed E-state index contributed by atoms with van der Waals surface area (Å²) in [7, 11) is 0. The second-order valence-corrected chi connectivity index (χ2v) is 7.67. The maximum Gasteiger partial charge on any atom is 0.323 e. The molecule has 1 aliphatic carbocycles. The van der Waals surface area contributed by atoms with Crippen molar-refractivity contribution in [3.8, 4) is 0 Å². The van der Waals surface area contributed by atoms with Gasteiger partial charge in [0.2, 0.25) is 5.91 Å². The van der Waals surface area contributed by atoms with Crippen LogP contribution in [0.4, 0.5) is 0 Å². The van der Waals surface area contributed by atoms with Crippen LogP contribution in [0.3, 0.4) is 0 Å². The number of amides is 2. The number of carboxylic acids is 1. The standard InChI is InChI=1S/C21H28N2O4/c1-15(24)23(14-20(25)26)19-6-3-12-22(13-11-19)21(27)18-9-7-17(8-10-18)16-4-2-5-16/h7-10,16,19H,2-6,11-14H2,1H3,(H,25,26). The van der Waals surface area contributed by atoms with E-state index in [9.17, 15) is 14.4 Å². The maximum absolute atomic E-state index is 12.9. The third kappa shape index (κ3) is 4.67. The quantitative estimate of drug-likeness (QED) is 0.862. The van der Waals surface area contributed by atoms with E-state index in [0.717, 1.165) is 12.8 Å². The lowest BCUT2D eigenvalue weighted by molar-refractivity contribution is -0.145. The van der Waals surface area contributed by atoms with Crippen molar-refractivity contribution in [1.82, 2.24) is 9.80 Å². The Balaban J connectivity index is 1.61. The lowest BCUT2D eigenvalue weighted by Gasteiger charge is -2.29. The van der Waals surface area contributed by atoms with Crippen LogP contribution in [-0.4, -0.2) is 58.4 Å². The monoisotopic (exact) mass is 372 g/mol. The third-order valence-electron chi connectivity index (χ3n) is 5.87. The Bertz CT molecular complexity index is 697. The fourth-order valence-corrected chi connectivity index (χ4v) is 4.06. The van der Waals surface area contributed by atoms with E-state index in [1.807, 2.05) is 17.0 Å². The molecule has 1 saturated carbocycles. The van der Waals surface area contributed by atoms with Crippen molar-refractivity contribution in [2.75, 3.05) is 19.6 Å². The molecule has 0 radical (unpaired) electrons. The number of carboxylic acid groups (broad SMARTS) is 1. The van der Waals surface area contributed by atoms with E-state index < -0.39 is 5.97 Å². The van der Waals surface area contributed by atoms with Crippen LogP contribution in [0.2, 0.25) is 0 Å². The van der Waals surface area contributed by atoms with Gasteiger partial charge in [-0.1, -0.05) is 18.6 Å². The first-order valence-corrected chi connectivity index (χ1v) is 9.84. The molecule has 1 heterocycles. The van der Waals surface area contributed by atoms with E-state index in [1.165, 1.54) is 36.6 Å². The third-order valence-corrected chi connectivity index (χ3v) is 5.87. The lowest BCUT2D eigenvalue weighted by atomic mass is 9.80. The number of likely N-dealkylation sites (tertiary alicyclic amines) is 1. The minimum atomic E-state index is -1.01. The molecule has 1 aliphatic heterocycles. The Hall–Kier alpha value is -2.37. The van der Waals surface area contributed by atoms with Crippen LogP contribution < -0.4 is 0 Å². The van der Waals surface area contributed by atoms with Crippen molar-refractivity contribution in [2.24, 2.45) is 0 Å².